The molecule has 0 N–H and O–H groups in total. The fraction of sp³-hybridized carbons (Fsp3) is 0.500. The van der Waals surface area contributed by atoms with Crippen LogP contribution in [0.15, 0.2) is 0 Å². The molecule has 0 aliphatic rings. The van der Waals surface area contributed by atoms with E-state index in [9.17, 15) is 0 Å². The number of thiocarbonyl (C=S) groups is 1. The largest absolute Gasteiger partial charge is 0.0988 e. The standard InChI is InChI=1S/C2H4S21/c1-2(3)5-7-9-11-13-15-17-19-21-23-22-20-18-16-14-12-10-8-6-4/h4H,1H3. The molecule has 0 saturated heterocycles. The lowest BCUT2D eigenvalue weighted by Crippen LogP contribution is -1.64. The third-order valence-electron chi connectivity index (χ3n) is 0.626. The van der Waals surface area contributed by atoms with E-state index < -0.39 is 0 Å². The van der Waals surface area contributed by atoms with E-state index in [-0.39, 0.29) is 0 Å². The fourth-order valence-corrected chi connectivity index (χ4v) is 47.5. The summed E-state index contributed by atoms with van der Waals surface area (Å²) in [7, 11) is 33.4. The van der Waals surface area contributed by atoms with Crippen molar-refractivity contribution < 1.29 is 0 Å². The molecule has 0 aromatic heterocycles. The maximum Gasteiger partial charge on any atom is 0.0564 e. The van der Waals surface area contributed by atoms with Crippen molar-refractivity contribution in [1.82, 2.24) is 0 Å². The van der Waals surface area contributed by atoms with E-state index in [0.717, 1.165) is 4.20 Å². The first-order valence-electron chi connectivity index (χ1n) is 4.09. The average Bonchev–Trinajstić information content (AvgIpc) is 2.53. The van der Waals surface area contributed by atoms with E-state index in [2.05, 4.69) is 11.7 Å². The first-order chi connectivity index (χ1) is 11.3. The van der Waals surface area contributed by atoms with Crippen molar-refractivity contribution in [3.05, 3.63) is 0 Å². The topological polar surface area (TPSA) is 0 Å². The Hall–Kier alpha value is 7.09. The zero-order valence-electron chi connectivity index (χ0n) is 10.1. The Morgan fingerprint density at radius 3 is 1.04 bits per heavy atom. The van der Waals surface area contributed by atoms with Crippen LogP contribution in [0.5, 0.6) is 0 Å². The highest BCUT2D eigenvalue weighted by Gasteiger charge is 2.00. The minimum atomic E-state index is 0.980. The second-order valence-electron chi connectivity index (χ2n) is 1.81. The van der Waals surface area contributed by atoms with Gasteiger partial charge < -0.3 is 0 Å². The minimum absolute atomic E-state index is 0.980. The SMILES string of the molecule is CC(=S)SSSSSSSSSSSSSSSSSSSS. The first kappa shape index (κ1) is 30.1. The van der Waals surface area contributed by atoms with Crippen LogP contribution in [-0.2, 0) is 0 Å². The summed E-state index contributed by atoms with van der Waals surface area (Å²) < 4.78 is 0.980. The summed E-state index contributed by atoms with van der Waals surface area (Å²) in [6, 6.07) is 0. The smallest absolute Gasteiger partial charge is 0.0564 e. The highest BCUT2D eigenvalue weighted by Crippen LogP contribution is 2.64. The molecule has 21 heteroatoms. The molecule has 0 unspecified atom stereocenters. The van der Waals surface area contributed by atoms with Crippen molar-refractivity contribution in [2.75, 3.05) is 0 Å². The van der Waals surface area contributed by atoms with Gasteiger partial charge in [-0.15, -0.1) is 0 Å². The van der Waals surface area contributed by atoms with Crippen molar-refractivity contribution in [2.24, 2.45) is 0 Å². The Morgan fingerprint density at radius 2 is 0.783 bits per heavy atom. The molecule has 0 radical (unpaired) electrons. The van der Waals surface area contributed by atoms with Gasteiger partial charge in [0.15, 0.2) is 0 Å². The van der Waals surface area contributed by atoms with Crippen LogP contribution < -0.4 is 0 Å². The molecule has 0 fully saturated rings. The molecule has 0 aliphatic heterocycles. The lowest BCUT2D eigenvalue weighted by Gasteiger charge is -1.98. The molecule has 0 spiro atoms. The van der Waals surface area contributed by atoms with Crippen LogP contribution in [0.3, 0.4) is 0 Å². The van der Waals surface area contributed by atoms with Gasteiger partial charge >= 0.3 is 0 Å². The van der Waals surface area contributed by atoms with Gasteiger partial charge in [0, 0.05) is 19.7 Å². The average molecular weight is 701 g/mol. The Bertz CT molecular complexity index is 238. The van der Waals surface area contributed by atoms with Crippen molar-refractivity contribution in [3.63, 3.8) is 0 Å². The number of hydrogen-bond donors (Lipinski definition) is 1. The van der Waals surface area contributed by atoms with Gasteiger partial charge in [-0.1, -0.05) is 23.9 Å². The van der Waals surface area contributed by atoms with Gasteiger partial charge in [-0.25, -0.2) is 0 Å². The van der Waals surface area contributed by atoms with Gasteiger partial charge in [0.2, 0.25) is 0 Å². The van der Waals surface area contributed by atoms with Crippen molar-refractivity contribution in [3.8, 4) is 0 Å². The van der Waals surface area contributed by atoms with Gasteiger partial charge in [0.25, 0.3) is 0 Å². The minimum Gasteiger partial charge on any atom is -0.0988 e. The Kier molecular flexibility index (Phi) is 35.5. The van der Waals surface area contributed by atoms with E-state index >= 15 is 0 Å². The van der Waals surface area contributed by atoms with Gasteiger partial charge in [-0.3, -0.25) is 0 Å². The molecule has 0 aromatic carbocycles. The second-order valence-corrected chi connectivity index (χ2v) is 36.0. The molecule has 0 amide bonds. The van der Waals surface area contributed by atoms with Crippen molar-refractivity contribution in [2.45, 2.75) is 6.92 Å². The third kappa shape index (κ3) is 29.1. The lowest BCUT2D eigenvalue weighted by molar-refractivity contribution is 2.12. The summed E-state index contributed by atoms with van der Waals surface area (Å²) in [6.45, 7) is 1.95. The number of rotatable bonds is 18. The maximum atomic E-state index is 4.99. The van der Waals surface area contributed by atoms with Gasteiger partial charge in [0.05, 0.1) is 4.20 Å². The Balaban J connectivity index is 2.96. The summed E-state index contributed by atoms with van der Waals surface area (Å²) in [5.41, 5.74) is 0. The lowest BCUT2D eigenvalue weighted by atomic mass is 11.0. The van der Waals surface area contributed by atoms with E-state index in [0.29, 0.717) is 0 Å². The van der Waals surface area contributed by atoms with Crippen LogP contribution in [-0.4, -0.2) is 4.20 Å². The molecule has 0 atom stereocenters. The molecule has 138 valence electrons. The van der Waals surface area contributed by atoms with Crippen molar-refractivity contribution in [1.29, 1.82) is 0 Å². The molecule has 0 heterocycles. The summed E-state index contributed by atoms with van der Waals surface area (Å²) in [5.74, 6) is 0. The van der Waals surface area contributed by atoms with Gasteiger partial charge in [-0.05, 0) is 175 Å². The molecule has 0 bridgehead atoms. The van der Waals surface area contributed by atoms with Crippen molar-refractivity contribution >= 4 is 216 Å². The molecule has 0 nitrogen and oxygen atoms in total. The highest BCUT2D eigenvalue weighted by molar-refractivity contribution is 9.58. The summed E-state index contributed by atoms with van der Waals surface area (Å²) in [5, 5.41) is 0. The van der Waals surface area contributed by atoms with E-state index in [4.69, 9.17) is 12.2 Å². The first-order valence-corrected chi connectivity index (χ1v) is 30.4. The molecule has 0 rings (SSSR count). The number of thiol groups is 1. The van der Waals surface area contributed by atoms with Crippen LogP contribution in [0, 0.1) is 0 Å². The molecule has 0 aromatic rings. The normalized spacial score (nSPS) is 11.0. The predicted octanol–water partition coefficient (Wildman–Crippen LogP) is 13.6. The fourth-order valence-electron chi connectivity index (χ4n) is 0.244. The molecular formula is C2H4S21. The quantitative estimate of drug-likeness (QED) is 0.0623. The van der Waals surface area contributed by atoms with E-state index in [1.165, 1.54) is 9.83 Å². The van der Waals surface area contributed by atoms with E-state index in [1.54, 1.807) is 139 Å². The molecule has 0 saturated carbocycles. The zero-order valence-corrected chi connectivity index (χ0v) is 27.3. The molecule has 0 aliphatic carbocycles. The Morgan fingerprint density at radius 1 is 0.522 bits per heavy atom. The van der Waals surface area contributed by atoms with Crippen LogP contribution >= 0.6 is 212 Å². The molecule has 23 heavy (non-hydrogen) atoms. The van der Waals surface area contributed by atoms with Crippen LogP contribution in [0.25, 0.3) is 0 Å². The van der Waals surface area contributed by atoms with Gasteiger partial charge in [-0.2, -0.15) is 0 Å². The summed E-state index contributed by atoms with van der Waals surface area (Å²) >= 11 is 9.05. The second kappa shape index (κ2) is 27.1. The monoisotopic (exact) mass is 699 g/mol. The van der Waals surface area contributed by atoms with Crippen LogP contribution in [0.2, 0.25) is 0 Å². The zero-order chi connectivity index (χ0) is 17.0. The molecular weight excluding hydrogens is 697 g/mol. The number of hydrogen-bond acceptors (Lipinski definition) is 21. The maximum absolute atomic E-state index is 4.99. The summed E-state index contributed by atoms with van der Waals surface area (Å²) in [6.07, 6.45) is 0. The van der Waals surface area contributed by atoms with E-state index in [1.807, 2.05) is 46.2 Å². The van der Waals surface area contributed by atoms with Crippen LogP contribution in [0.4, 0.5) is 0 Å². The van der Waals surface area contributed by atoms with Gasteiger partial charge in [0.1, 0.15) is 0 Å². The summed E-state index contributed by atoms with van der Waals surface area (Å²) in [4.78, 5) is 0. The predicted molar refractivity (Wildman–Crippen MR) is 171 cm³/mol. The third-order valence-corrected chi connectivity index (χ3v) is 41.1. The Labute approximate surface area is 218 Å². The van der Waals surface area contributed by atoms with Crippen LogP contribution in [0.1, 0.15) is 6.92 Å². The highest BCUT2D eigenvalue weighted by atomic mass is 34.1.